The molecule has 0 spiro atoms. The zero-order valence-corrected chi connectivity index (χ0v) is 18.1. The number of halogens is 2. The molecule has 0 N–H and O–H groups in total. The maximum Gasteiger partial charge on any atom is 0.344 e. The maximum atomic E-state index is 12.5. The summed E-state index contributed by atoms with van der Waals surface area (Å²) >= 11 is 12.2. The molecule has 0 bridgehead atoms. The van der Waals surface area contributed by atoms with Crippen LogP contribution in [0.3, 0.4) is 0 Å². The van der Waals surface area contributed by atoms with Crippen molar-refractivity contribution in [3.05, 3.63) is 76.0 Å². The highest BCUT2D eigenvalue weighted by Gasteiger charge is 2.23. The third kappa shape index (κ3) is 5.14. The molecule has 3 aromatic rings. The van der Waals surface area contributed by atoms with Crippen molar-refractivity contribution >= 4 is 29.2 Å². The van der Waals surface area contributed by atoms with Crippen molar-refractivity contribution in [3.63, 3.8) is 0 Å². The standard InChI is InChI=1S/C22H22Cl2N4O2/c1-16-6-7-28(25-16)22(29)27-10-8-26(9-11-27)15-17-12-19(24)14-21(13-17)30-20-4-2-18(23)3-5-20/h2-7,12-14H,8-11,15H2,1H3. The molecule has 0 radical (unpaired) electrons. The number of benzene rings is 2. The molecule has 1 aliphatic heterocycles. The Morgan fingerprint density at radius 3 is 2.37 bits per heavy atom. The average molecular weight is 445 g/mol. The first kappa shape index (κ1) is 20.7. The molecular formula is C22H22Cl2N4O2. The molecular weight excluding hydrogens is 423 g/mol. The number of hydrogen-bond acceptors (Lipinski definition) is 4. The summed E-state index contributed by atoms with van der Waals surface area (Å²) in [6.45, 7) is 5.49. The lowest BCUT2D eigenvalue weighted by Crippen LogP contribution is -2.49. The molecule has 1 aliphatic rings. The average Bonchev–Trinajstić information content (AvgIpc) is 3.16. The predicted octanol–water partition coefficient (Wildman–Crippen LogP) is 5.08. The number of carbonyl (C=O) groups excluding carboxylic acids is 1. The SMILES string of the molecule is Cc1ccn(C(=O)N2CCN(Cc3cc(Cl)cc(Oc4ccc(Cl)cc4)c3)CC2)n1. The van der Waals surface area contributed by atoms with Crippen molar-refractivity contribution < 1.29 is 9.53 Å². The summed E-state index contributed by atoms with van der Waals surface area (Å²) in [7, 11) is 0. The Kier molecular flexibility index (Phi) is 6.27. The number of amides is 1. The summed E-state index contributed by atoms with van der Waals surface area (Å²) in [5, 5.41) is 5.49. The normalized spacial score (nSPS) is 14.7. The van der Waals surface area contributed by atoms with Crippen molar-refractivity contribution in [2.24, 2.45) is 0 Å². The van der Waals surface area contributed by atoms with Crippen LogP contribution in [0.1, 0.15) is 11.3 Å². The van der Waals surface area contributed by atoms with Crippen LogP contribution in [-0.2, 0) is 6.54 Å². The van der Waals surface area contributed by atoms with Gasteiger partial charge in [-0.25, -0.2) is 4.79 Å². The number of piperazine rings is 1. The van der Waals surface area contributed by atoms with Gasteiger partial charge in [-0.15, -0.1) is 0 Å². The van der Waals surface area contributed by atoms with Crippen LogP contribution in [0.15, 0.2) is 54.7 Å². The summed E-state index contributed by atoms with van der Waals surface area (Å²) in [5.74, 6) is 1.39. The van der Waals surface area contributed by atoms with Gasteiger partial charge in [-0.1, -0.05) is 23.2 Å². The van der Waals surface area contributed by atoms with Crippen LogP contribution in [0.25, 0.3) is 0 Å². The van der Waals surface area contributed by atoms with E-state index in [2.05, 4.69) is 10.00 Å². The quantitative estimate of drug-likeness (QED) is 0.562. The molecule has 2 heterocycles. The van der Waals surface area contributed by atoms with Crippen LogP contribution in [0.5, 0.6) is 11.5 Å². The Bertz CT molecular complexity index is 1030. The fourth-order valence-electron chi connectivity index (χ4n) is 3.43. The first-order valence-corrected chi connectivity index (χ1v) is 10.5. The number of hydrogen-bond donors (Lipinski definition) is 0. The molecule has 0 atom stereocenters. The van der Waals surface area contributed by atoms with E-state index < -0.39 is 0 Å². The van der Waals surface area contributed by atoms with Crippen LogP contribution >= 0.6 is 23.2 Å². The van der Waals surface area contributed by atoms with E-state index in [1.54, 1.807) is 24.4 Å². The van der Waals surface area contributed by atoms with E-state index in [1.807, 2.05) is 42.2 Å². The lowest BCUT2D eigenvalue weighted by Gasteiger charge is -2.34. The Labute approximate surface area is 185 Å². The molecule has 1 fully saturated rings. The molecule has 8 heteroatoms. The van der Waals surface area contributed by atoms with Crippen LogP contribution in [0.4, 0.5) is 4.79 Å². The summed E-state index contributed by atoms with van der Waals surface area (Å²) in [6, 6.07) is 14.7. The number of aryl methyl sites for hydroxylation is 1. The van der Waals surface area contributed by atoms with Gasteiger partial charge in [0.05, 0.1) is 5.69 Å². The molecule has 2 aromatic carbocycles. The second-order valence-corrected chi connectivity index (χ2v) is 8.17. The number of ether oxygens (including phenoxy) is 1. The van der Waals surface area contributed by atoms with E-state index in [-0.39, 0.29) is 6.03 Å². The smallest absolute Gasteiger partial charge is 0.344 e. The van der Waals surface area contributed by atoms with E-state index in [4.69, 9.17) is 27.9 Å². The molecule has 4 rings (SSSR count). The second kappa shape index (κ2) is 9.08. The van der Waals surface area contributed by atoms with E-state index in [1.165, 1.54) is 4.68 Å². The molecule has 6 nitrogen and oxygen atoms in total. The third-order valence-electron chi connectivity index (χ3n) is 4.95. The minimum Gasteiger partial charge on any atom is -0.457 e. The van der Waals surface area contributed by atoms with Crippen molar-refractivity contribution in [1.29, 1.82) is 0 Å². The highest BCUT2D eigenvalue weighted by atomic mass is 35.5. The van der Waals surface area contributed by atoms with Crippen LogP contribution in [0.2, 0.25) is 10.0 Å². The van der Waals surface area contributed by atoms with E-state index in [0.717, 1.165) is 30.9 Å². The van der Waals surface area contributed by atoms with Crippen molar-refractivity contribution in [3.8, 4) is 11.5 Å². The Balaban J connectivity index is 1.36. The maximum absolute atomic E-state index is 12.5. The first-order chi connectivity index (χ1) is 14.5. The number of rotatable bonds is 4. The highest BCUT2D eigenvalue weighted by Crippen LogP contribution is 2.28. The molecule has 1 saturated heterocycles. The Morgan fingerprint density at radius 2 is 1.70 bits per heavy atom. The van der Waals surface area contributed by atoms with Crippen molar-refractivity contribution in [2.45, 2.75) is 13.5 Å². The summed E-state index contributed by atoms with van der Waals surface area (Å²) in [5.41, 5.74) is 1.90. The Hall–Kier alpha value is -2.54. The highest BCUT2D eigenvalue weighted by molar-refractivity contribution is 6.31. The van der Waals surface area contributed by atoms with Gasteiger partial charge in [0.1, 0.15) is 11.5 Å². The van der Waals surface area contributed by atoms with Gasteiger partial charge in [0.2, 0.25) is 0 Å². The summed E-state index contributed by atoms with van der Waals surface area (Å²) < 4.78 is 7.32. The fourth-order valence-corrected chi connectivity index (χ4v) is 3.81. The first-order valence-electron chi connectivity index (χ1n) is 9.73. The lowest BCUT2D eigenvalue weighted by molar-refractivity contribution is 0.134. The molecule has 30 heavy (non-hydrogen) atoms. The van der Waals surface area contributed by atoms with Gasteiger partial charge in [-0.3, -0.25) is 4.90 Å². The van der Waals surface area contributed by atoms with Crippen LogP contribution < -0.4 is 4.74 Å². The number of nitrogens with zero attached hydrogens (tertiary/aromatic N) is 4. The lowest BCUT2D eigenvalue weighted by atomic mass is 10.2. The molecule has 0 unspecified atom stereocenters. The molecule has 0 aliphatic carbocycles. The van der Waals surface area contributed by atoms with Gasteiger partial charge < -0.3 is 9.64 Å². The number of carbonyl (C=O) groups is 1. The van der Waals surface area contributed by atoms with Crippen molar-refractivity contribution in [2.75, 3.05) is 26.2 Å². The van der Waals surface area contributed by atoms with E-state index in [0.29, 0.717) is 34.6 Å². The zero-order valence-electron chi connectivity index (χ0n) is 16.6. The van der Waals surface area contributed by atoms with E-state index >= 15 is 0 Å². The largest absolute Gasteiger partial charge is 0.457 e. The summed E-state index contributed by atoms with van der Waals surface area (Å²) in [6.07, 6.45) is 1.71. The molecule has 1 aromatic heterocycles. The summed E-state index contributed by atoms with van der Waals surface area (Å²) in [4.78, 5) is 16.7. The van der Waals surface area contributed by atoms with Gasteiger partial charge in [-0.05, 0) is 61.0 Å². The molecule has 1 amide bonds. The van der Waals surface area contributed by atoms with Crippen LogP contribution in [0, 0.1) is 6.92 Å². The topological polar surface area (TPSA) is 50.6 Å². The molecule has 0 saturated carbocycles. The van der Waals surface area contributed by atoms with Gasteiger partial charge in [0.15, 0.2) is 0 Å². The number of aromatic nitrogens is 2. The minimum absolute atomic E-state index is 0.0795. The minimum atomic E-state index is -0.0795. The van der Waals surface area contributed by atoms with Gasteiger partial charge in [-0.2, -0.15) is 9.78 Å². The van der Waals surface area contributed by atoms with Crippen LogP contribution in [-0.4, -0.2) is 51.8 Å². The zero-order chi connectivity index (χ0) is 21.1. The van der Waals surface area contributed by atoms with Gasteiger partial charge in [0, 0.05) is 49.0 Å². The van der Waals surface area contributed by atoms with E-state index in [9.17, 15) is 4.79 Å². The monoisotopic (exact) mass is 444 g/mol. The third-order valence-corrected chi connectivity index (χ3v) is 5.42. The van der Waals surface area contributed by atoms with Gasteiger partial charge in [0.25, 0.3) is 0 Å². The van der Waals surface area contributed by atoms with Gasteiger partial charge >= 0.3 is 6.03 Å². The predicted molar refractivity (Wildman–Crippen MR) is 118 cm³/mol. The Morgan fingerprint density at radius 1 is 0.967 bits per heavy atom. The molecule has 156 valence electrons. The fraction of sp³-hybridized carbons (Fsp3) is 0.273. The van der Waals surface area contributed by atoms with Crippen molar-refractivity contribution in [1.82, 2.24) is 19.6 Å². The second-order valence-electron chi connectivity index (χ2n) is 7.30.